The summed E-state index contributed by atoms with van der Waals surface area (Å²) in [6, 6.07) is 12.6. The topological polar surface area (TPSA) is 30.0 Å². The molecule has 74 valence electrons. The molecule has 0 saturated carbocycles. The van der Waals surface area contributed by atoms with Crippen LogP contribution in [0.4, 0.5) is 0 Å². The summed E-state index contributed by atoms with van der Waals surface area (Å²) in [5, 5.41) is 0.986. The van der Waals surface area contributed by atoms with E-state index in [2.05, 4.69) is 4.98 Å². The molecule has 2 nitrogen and oxygen atoms in total. The molecule has 0 atom stereocenters. The molecule has 0 saturated heterocycles. The molecule has 2 aromatic rings. The normalized spacial score (nSPS) is 8.57. The highest BCUT2D eigenvalue weighted by molar-refractivity contribution is 5.85. The van der Waals surface area contributed by atoms with Crippen molar-refractivity contribution in [2.75, 3.05) is 0 Å². The molecule has 0 spiro atoms. The molecule has 14 heavy (non-hydrogen) atoms. The van der Waals surface area contributed by atoms with Gasteiger partial charge in [0.15, 0.2) is 0 Å². The lowest BCUT2D eigenvalue weighted by molar-refractivity contribution is 1.33. The van der Waals surface area contributed by atoms with Crippen molar-refractivity contribution in [1.82, 2.24) is 4.98 Å². The van der Waals surface area contributed by atoms with Gasteiger partial charge >= 0.3 is 0 Å². The first-order valence-corrected chi connectivity index (χ1v) is 3.72. The van der Waals surface area contributed by atoms with Gasteiger partial charge in [-0.2, -0.15) is 0 Å². The Kier molecular flexibility index (Phi) is 5.13. The second kappa shape index (κ2) is 5.58. The lowest BCUT2D eigenvalue weighted by Gasteiger charge is -1.86. The van der Waals surface area contributed by atoms with Crippen LogP contribution in [0.5, 0.6) is 0 Å². The second-order valence-electron chi connectivity index (χ2n) is 2.53. The smallest absolute Gasteiger partial charge is 0.267 e. The molecule has 0 aliphatic rings. The van der Waals surface area contributed by atoms with E-state index >= 15 is 0 Å². The summed E-state index contributed by atoms with van der Waals surface area (Å²) in [5.41, 5.74) is 0.545. The standard InChI is InChI=1S/C10H7NO.2ClH/c12-10-7-3-5-8-4-1-2-6-9(8)11-10;;/h1-7H;2*1H. The molecule has 1 aromatic carbocycles. The number of fused-ring (bicyclic) bond motifs is 1. The van der Waals surface area contributed by atoms with E-state index in [0.717, 1.165) is 10.9 Å². The maximum atomic E-state index is 11.0. The summed E-state index contributed by atoms with van der Waals surface area (Å²) in [7, 11) is 0. The summed E-state index contributed by atoms with van der Waals surface area (Å²) < 4.78 is 0. The molecule has 1 aromatic heterocycles. The average Bonchev–Trinajstić information content (AvgIpc) is 2.25. The third kappa shape index (κ3) is 2.69. The van der Waals surface area contributed by atoms with Crippen LogP contribution in [0.25, 0.3) is 10.9 Å². The van der Waals surface area contributed by atoms with Crippen LogP contribution in [-0.4, -0.2) is 4.98 Å². The van der Waals surface area contributed by atoms with E-state index in [9.17, 15) is 4.79 Å². The fraction of sp³-hybridized carbons (Fsp3) is 0. The van der Waals surface area contributed by atoms with Crippen LogP contribution in [0, 0.1) is 0 Å². The van der Waals surface area contributed by atoms with Gasteiger partial charge in [0.1, 0.15) is 0 Å². The molecule has 0 fully saturated rings. The minimum Gasteiger partial charge on any atom is -0.267 e. The lowest BCUT2D eigenvalue weighted by atomic mass is 10.2. The Morgan fingerprint density at radius 2 is 1.50 bits per heavy atom. The number of benzene rings is 1. The van der Waals surface area contributed by atoms with Crippen molar-refractivity contribution in [3.8, 4) is 0 Å². The zero-order valence-electron chi connectivity index (χ0n) is 7.21. The van der Waals surface area contributed by atoms with Crippen LogP contribution >= 0.6 is 24.8 Å². The van der Waals surface area contributed by atoms with Crippen molar-refractivity contribution < 1.29 is 0 Å². The van der Waals surface area contributed by atoms with Crippen molar-refractivity contribution in [3.05, 3.63) is 52.8 Å². The summed E-state index contributed by atoms with van der Waals surface area (Å²) in [4.78, 5) is 14.9. The van der Waals surface area contributed by atoms with Gasteiger partial charge in [-0.05, 0) is 6.07 Å². The van der Waals surface area contributed by atoms with Crippen LogP contribution in [0.2, 0.25) is 0 Å². The minimum atomic E-state index is -0.198. The summed E-state index contributed by atoms with van der Waals surface area (Å²) >= 11 is 0. The predicted octanol–water partition coefficient (Wildman–Crippen LogP) is 2.44. The Balaban J connectivity index is 0.000000845. The van der Waals surface area contributed by atoms with Gasteiger partial charge in [-0.3, -0.25) is 4.79 Å². The summed E-state index contributed by atoms with van der Waals surface area (Å²) in [5.74, 6) is 0. The average molecular weight is 230 g/mol. The van der Waals surface area contributed by atoms with Crippen molar-refractivity contribution in [1.29, 1.82) is 0 Å². The monoisotopic (exact) mass is 229 g/mol. The minimum absolute atomic E-state index is 0. The highest BCUT2D eigenvalue weighted by Crippen LogP contribution is 2.05. The fourth-order valence-electron chi connectivity index (χ4n) is 1.12. The third-order valence-electron chi connectivity index (χ3n) is 1.68. The van der Waals surface area contributed by atoms with Crippen LogP contribution in [0.3, 0.4) is 0 Å². The molecular formula is C10H9Cl2NO. The van der Waals surface area contributed by atoms with Gasteiger partial charge in [-0.15, -0.1) is 24.8 Å². The van der Waals surface area contributed by atoms with Crippen molar-refractivity contribution >= 4 is 35.7 Å². The number of hydrogen-bond acceptors (Lipinski definition) is 2. The third-order valence-corrected chi connectivity index (χ3v) is 1.68. The van der Waals surface area contributed by atoms with Crippen molar-refractivity contribution in [3.63, 3.8) is 0 Å². The van der Waals surface area contributed by atoms with E-state index in [-0.39, 0.29) is 30.4 Å². The van der Waals surface area contributed by atoms with E-state index in [1.54, 1.807) is 6.07 Å². The Labute approximate surface area is 93.8 Å². The van der Waals surface area contributed by atoms with E-state index in [4.69, 9.17) is 0 Å². The van der Waals surface area contributed by atoms with Gasteiger partial charge in [0.25, 0.3) is 5.56 Å². The first kappa shape index (κ1) is 12.9. The molecule has 0 aliphatic carbocycles. The second-order valence-corrected chi connectivity index (χ2v) is 2.53. The molecule has 0 unspecified atom stereocenters. The van der Waals surface area contributed by atoms with E-state index in [1.165, 1.54) is 6.07 Å². The van der Waals surface area contributed by atoms with Gasteiger partial charge in [0.2, 0.25) is 0 Å². The summed E-state index contributed by atoms with van der Waals surface area (Å²) in [6.45, 7) is 0. The molecule has 4 heteroatoms. The van der Waals surface area contributed by atoms with Crippen LogP contribution in [-0.2, 0) is 0 Å². The Bertz CT molecular complexity index is 473. The molecular weight excluding hydrogens is 221 g/mol. The molecule has 2 rings (SSSR count). The first-order chi connectivity index (χ1) is 5.86. The van der Waals surface area contributed by atoms with E-state index in [1.807, 2.05) is 30.3 Å². The maximum absolute atomic E-state index is 11.0. The Morgan fingerprint density at radius 1 is 0.857 bits per heavy atom. The molecule has 0 amide bonds. The van der Waals surface area contributed by atoms with E-state index < -0.39 is 0 Å². The molecule has 0 radical (unpaired) electrons. The number of nitrogens with zero attached hydrogens (tertiary/aromatic N) is 1. The molecule has 0 N–H and O–H groups in total. The van der Waals surface area contributed by atoms with Crippen LogP contribution in [0.15, 0.2) is 47.3 Å². The first-order valence-electron chi connectivity index (χ1n) is 3.72. The Morgan fingerprint density at radius 3 is 2.29 bits per heavy atom. The van der Waals surface area contributed by atoms with Gasteiger partial charge < -0.3 is 0 Å². The van der Waals surface area contributed by atoms with Gasteiger partial charge in [0.05, 0.1) is 5.52 Å². The highest BCUT2D eigenvalue weighted by Gasteiger charge is 1.89. The highest BCUT2D eigenvalue weighted by atomic mass is 35.5. The largest absolute Gasteiger partial charge is 0.270 e. The lowest BCUT2D eigenvalue weighted by Crippen LogP contribution is -1.97. The zero-order valence-corrected chi connectivity index (χ0v) is 8.85. The number of rotatable bonds is 0. The number of hydrogen-bond donors (Lipinski definition) is 0. The Hall–Kier alpha value is -1.12. The summed E-state index contributed by atoms with van der Waals surface area (Å²) in [6.07, 6.45) is 0. The number of aromatic nitrogens is 1. The quantitative estimate of drug-likeness (QED) is 0.695. The van der Waals surface area contributed by atoms with Gasteiger partial charge in [-0.1, -0.05) is 30.3 Å². The fourth-order valence-corrected chi connectivity index (χ4v) is 1.12. The van der Waals surface area contributed by atoms with E-state index in [0.29, 0.717) is 0 Å². The zero-order chi connectivity index (χ0) is 8.39. The molecule has 1 heterocycles. The maximum Gasteiger partial charge on any atom is 0.270 e. The van der Waals surface area contributed by atoms with Crippen molar-refractivity contribution in [2.24, 2.45) is 0 Å². The number of halogens is 2. The van der Waals surface area contributed by atoms with Crippen LogP contribution in [0.1, 0.15) is 0 Å². The van der Waals surface area contributed by atoms with Gasteiger partial charge in [-0.25, -0.2) is 4.98 Å². The van der Waals surface area contributed by atoms with Crippen LogP contribution < -0.4 is 5.56 Å². The SMILES string of the molecule is Cl.Cl.O=c1cccc2ccccc2n1. The molecule has 0 bridgehead atoms. The van der Waals surface area contributed by atoms with Gasteiger partial charge in [0, 0.05) is 11.5 Å². The number of para-hydroxylation sites is 1. The molecule has 0 aliphatic heterocycles. The predicted molar refractivity (Wildman–Crippen MR) is 62.5 cm³/mol. The van der Waals surface area contributed by atoms with Crippen molar-refractivity contribution in [2.45, 2.75) is 0 Å².